The maximum atomic E-state index is 12.5. The van der Waals surface area contributed by atoms with Gasteiger partial charge in [-0.05, 0) is 18.2 Å². The largest absolute Gasteiger partial charge is 0.481 e. The third-order valence-corrected chi connectivity index (χ3v) is 3.33. The van der Waals surface area contributed by atoms with Crippen LogP contribution in [0.15, 0.2) is 48.7 Å². The molecule has 0 saturated carbocycles. The number of fused-ring (bicyclic) bond motifs is 1. The first-order chi connectivity index (χ1) is 10.7. The number of nitrogens with zero attached hydrogens (tertiary/aromatic N) is 2. The van der Waals surface area contributed by atoms with Gasteiger partial charge in [0.15, 0.2) is 0 Å². The molecule has 0 aliphatic heterocycles. The summed E-state index contributed by atoms with van der Waals surface area (Å²) in [5.74, 6) is 0.211. The highest BCUT2D eigenvalue weighted by molar-refractivity contribution is 6.30. The smallest absolute Gasteiger partial charge is 0.256 e. The van der Waals surface area contributed by atoms with Gasteiger partial charge in [0, 0.05) is 11.5 Å². The van der Waals surface area contributed by atoms with Crippen molar-refractivity contribution in [3.63, 3.8) is 0 Å². The number of hydrogen-bond acceptors (Lipinski definition) is 4. The Kier molecular flexibility index (Phi) is 3.89. The number of aromatic nitrogens is 2. The molecule has 0 aliphatic carbocycles. The average Bonchev–Trinajstić information content (AvgIpc) is 2.54. The van der Waals surface area contributed by atoms with Crippen LogP contribution >= 0.6 is 11.6 Å². The minimum atomic E-state index is -0.271. The normalized spacial score (nSPS) is 10.5. The number of pyridine rings is 2. The van der Waals surface area contributed by atoms with Gasteiger partial charge < -0.3 is 10.1 Å². The molecule has 0 aliphatic rings. The molecule has 0 saturated heterocycles. The Morgan fingerprint density at radius 3 is 2.77 bits per heavy atom. The van der Waals surface area contributed by atoms with Crippen molar-refractivity contribution in [1.82, 2.24) is 9.97 Å². The fourth-order valence-electron chi connectivity index (χ4n) is 2.10. The SMILES string of the molecule is COc1ccc(NC(=O)c2cc(Cl)nc3ccccc23)cn1. The number of methoxy groups -OCH3 is 1. The minimum absolute atomic E-state index is 0.271. The topological polar surface area (TPSA) is 64.1 Å². The second kappa shape index (κ2) is 5.99. The molecule has 0 spiro atoms. The third kappa shape index (κ3) is 2.84. The first-order valence-corrected chi connectivity index (χ1v) is 6.92. The Labute approximate surface area is 131 Å². The molecule has 6 heteroatoms. The first kappa shape index (κ1) is 14.3. The Morgan fingerprint density at radius 2 is 2.05 bits per heavy atom. The number of benzene rings is 1. The number of carbonyl (C=O) groups is 1. The van der Waals surface area contributed by atoms with Crippen molar-refractivity contribution in [3.8, 4) is 5.88 Å². The second-order valence-electron chi connectivity index (χ2n) is 4.55. The monoisotopic (exact) mass is 313 g/mol. The van der Waals surface area contributed by atoms with Gasteiger partial charge >= 0.3 is 0 Å². The molecule has 3 aromatic rings. The summed E-state index contributed by atoms with van der Waals surface area (Å²) in [4.78, 5) is 20.7. The molecule has 22 heavy (non-hydrogen) atoms. The van der Waals surface area contributed by atoms with Gasteiger partial charge in [0.1, 0.15) is 5.15 Å². The lowest BCUT2D eigenvalue weighted by Crippen LogP contribution is -2.13. The van der Waals surface area contributed by atoms with E-state index in [2.05, 4.69) is 15.3 Å². The van der Waals surface area contributed by atoms with Crippen molar-refractivity contribution >= 4 is 34.1 Å². The lowest BCUT2D eigenvalue weighted by Gasteiger charge is -2.08. The van der Waals surface area contributed by atoms with Gasteiger partial charge in [-0.15, -0.1) is 0 Å². The summed E-state index contributed by atoms with van der Waals surface area (Å²) in [5, 5.41) is 3.80. The number of para-hydroxylation sites is 1. The minimum Gasteiger partial charge on any atom is -0.481 e. The van der Waals surface area contributed by atoms with Crippen LogP contribution in [-0.2, 0) is 0 Å². The summed E-state index contributed by atoms with van der Waals surface area (Å²) in [7, 11) is 1.53. The highest BCUT2D eigenvalue weighted by Gasteiger charge is 2.12. The van der Waals surface area contributed by atoms with Crippen molar-refractivity contribution in [3.05, 3.63) is 59.4 Å². The summed E-state index contributed by atoms with van der Waals surface area (Å²) in [6.45, 7) is 0. The fraction of sp³-hybridized carbons (Fsp3) is 0.0625. The predicted molar refractivity (Wildman–Crippen MR) is 85.5 cm³/mol. The van der Waals surface area contributed by atoms with E-state index in [9.17, 15) is 4.79 Å². The number of hydrogen-bond donors (Lipinski definition) is 1. The zero-order chi connectivity index (χ0) is 15.5. The molecule has 110 valence electrons. The zero-order valence-corrected chi connectivity index (χ0v) is 12.5. The van der Waals surface area contributed by atoms with Crippen molar-refractivity contribution < 1.29 is 9.53 Å². The summed E-state index contributed by atoms with van der Waals surface area (Å²) < 4.78 is 4.98. The van der Waals surface area contributed by atoms with Crippen LogP contribution in [0.4, 0.5) is 5.69 Å². The number of nitrogens with one attached hydrogen (secondary N) is 1. The fourth-order valence-corrected chi connectivity index (χ4v) is 2.30. The second-order valence-corrected chi connectivity index (χ2v) is 4.94. The van der Waals surface area contributed by atoms with Crippen molar-refractivity contribution in [2.45, 2.75) is 0 Å². The molecule has 1 amide bonds. The number of anilines is 1. The summed E-state index contributed by atoms with van der Waals surface area (Å²) in [5.41, 5.74) is 1.71. The lowest BCUT2D eigenvalue weighted by molar-refractivity contribution is 0.102. The molecule has 0 radical (unpaired) electrons. The van der Waals surface area contributed by atoms with Gasteiger partial charge in [-0.1, -0.05) is 29.8 Å². The van der Waals surface area contributed by atoms with Crippen LogP contribution in [0.1, 0.15) is 10.4 Å². The zero-order valence-electron chi connectivity index (χ0n) is 11.7. The predicted octanol–water partition coefficient (Wildman–Crippen LogP) is 3.54. The van der Waals surface area contributed by atoms with Crippen LogP contribution in [0.5, 0.6) is 5.88 Å². The number of rotatable bonds is 3. The van der Waals surface area contributed by atoms with Crippen LogP contribution < -0.4 is 10.1 Å². The van der Waals surface area contributed by atoms with Gasteiger partial charge in [0.05, 0.1) is 30.1 Å². The standard InChI is InChI=1S/C16H12ClN3O2/c1-22-15-7-6-10(9-18-15)19-16(21)12-8-14(17)20-13-5-3-2-4-11(12)13/h2-9H,1H3,(H,19,21). The van der Waals surface area contributed by atoms with E-state index in [4.69, 9.17) is 16.3 Å². The number of carbonyl (C=O) groups excluding carboxylic acids is 1. The molecule has 2 heterocycles. The van der Waals surface area contributed by atoms with Gasteiger partial charge in [-0.3, -0.25) is 4.79 Å². The van der Waals surface area contributed by atoms with Crippen LogP contribution in [0, 0.1) is 0 Å². The highest BCUT2D eigenvalue weighted by Crippen LogP contribution is 2.22. The molecular weight excluding hydrogens is 302 g/mol. The molecule has 3 rings (SSSR count). The van der Waals surface area contributed by atoms with Crippen LogP contribution in [0.2, 0.25) is 5.15 Å². The number of amides is 1. The lowest BCUT2D eigenvalue weighted by atomic mass is 10.1. The van der Waals surface area contributed by atoms with Crippen LogP contribution in [0.25, 0.3) is 10.9 Å². The molecule has 1 N–H and O–H groups in total. The molecule has 5 nitrogen and oxygen atoms in total. The maximum Gasteiger partial charge on any atom is 0.256 e. The Balaban J connectivity index is 1.94. The van der Waals surface area contributed by atoms with E-state index < -0.39 is 0 Å². The van der Waals surface area contributed by atoms with E-state index in [-0.39, 0.29) is 11.1 Å². The van der Waals surface area contributed by atoms with Gasteiger partial charge in [-0.2, -0.15) is 0 Å². The van der Waals surface area contributed by atoms with E-state index in [1.165, 1.54) is 13.3 Å². The molecule has 0 fully saturated rings. The first-order valence-electron chi connectivity index (χ1n) is 6.54. The molecule has 0 unspecified atom stereocenters. The summed E-state index contributed by atoms with van der Waals surface area (Å²) >= 11 is 5.99. The van der Waals surface area contributed by atoms with Crippen molar-refractivity contribution in [2.24, 2.45) is 0 Å². The van der Waals surface area contributed by atoms with E-state index in [1.54, 1.807) is 18.2 Å². The van der Waals surface area contributed by atoms with Gasteiger partial charge in [0.25, 0.3) is 5.91 Å². The Morgan fingerprint density at radius 1 is 1.23 bits per heavy atom. The van der Waals surface area contributed by atoms with E-state index in [1.807, 2.05) is 24.3 Å². The number of halogens is 1. The van der Waals surface area contributed by atoms with Crippen LogP contribution in [0.3, 0.4) is 0 Å². The van der Waals surface area contributed by atoms with Crippen molar-refractivity contribution in [2.75, 3.05) is 12.4 Å². The van der Waals surface area contributed by atoms with Crippen LogP contribution in [-0.4, -0.2) is 23.0 Å². The molecule has 1 aromatic carbocycles. The summed E-state index contributed by atoms with van der Waals surface area (Å²) in [6.07, 6.45) is 1.53. The third-order valence-electron chi connectivity index (χ3n) is 3.13. The number of ether oxygens (including phenoxy) is 1. The summed E-state index contributed by atoms with van der Waals surface area (Å²) in [6, 6.07) is 12.3. The maximum absolute atomic E-state index is 12.5. The Hall–Kier alpha value is -2.66. The molecule has 2 aromatic heterocycles. The Bertz CT molecular complexity index is 834. The molecular formula is C16H12ClN3O2. The molecule has 0 atom stereocenters. The quantitative estimate of drug-likeness (QED) is 0.751. The van der Waals surface area contributed by atoms with E-state index >= 15 is 0 Å². The average molecular weight is 314 g/mol. The van der Waals surface area contributed by atoms with Gasteiger partial charge in [-0.25, -0.2) is 9.97 Å². The van der Waals surface area contributed by atoms with E-state index in [0.717, 1.165) is 5.39 Å². The van der Waals surface area contributed by atoms with Gasteiger partial charge in [0.2, 0.25) is 5.88 Å². The highest BCUT2D eigenvalue weighted by atomic mass is 35.5. The van der Waals surface area contributed by atoms with Crippen molar-refractivity contribution in [1.29, 1.82) is 0 Å². The molecule has 0 bridgehead atoms. The van der Waals surface area contributed by atoms with E-state index in [0.29, 0.717) is 22.6 Å².